The molecule has 1 unspecified atom stereocenters. The van der Waals surface area contributed by atoms with Gasteiger partial charge in [-0.1, -0.05) is 35.9 Å². The standard InChI is InChI=1S/C18H15ClFNO3/c1-9(2)10-3-4-11(14(20)7-10)13-8-16(19)21-17-12(13)5-6-15(24-17)18(22)23/h3-4,7-8,15H,1,5-6H2,2H3,(H,22,23). The normalized spacial score (nSPS) is 16.2. The molecule has 2 heterocycles. The third kappa shape index (κ3) is 2.99. The van der Waals surface area contributed by atoms with Crippen LogP contribution in [0.3, 0.4) is 0 Å². The molecular weight excluding hydrogens is 333 g/mol. The topological polar surface area (TPSA) is 59.4 Å². The molecule has 124 valence electrons. The highest BCUT2D eigenvalue weighted by Gasteiger charge is 2.29. The highest BCUT2D eigenvalue weighted by atomic mass is 35.5. The number of hydrogen-bond acceptors (Lipinski definition) is 3. The summed E-state index contributed by atoms with van der Waals surface area (Å²) in [4.78, 5) is 15.2. The Morgan fingerprint density at radius 3 is 2.79 bits per heavy atom. The quantitative estimate of drug-likeness (QED) is 0.838. The van der Waals surface area contributed by atoms with Gasteiger partial charge in [-0.2, -0.15) is 0 Å². The lowest BCUT2D eigenvalue weighted by atomic mass is 9.94. The number of allylic oxidation sites excluding steroid dienone is 1. The Kier molecular flexibility index (Phi) is 4.28. The molecule has 24 heavy (non-hydrogen) atoms. The van der Waals surface area contributed by atoms with E-state index in [2.05, 4.69) is 11.6 Å². The van der Waals surface area contributed by atoms with E-state index >= 15 is 0 Å². The number of aromatic nitrogens is 1. The summed E-state index contributed by atoms with van der Waals surface area (Å²) in [5.74, 6) is -1.30. The van der Waals surface area contributed by atoms with Gasteiger partial charge in [0.2, 0.25) is 5.88 Å². The number of nitrogens with zero attached hydrogens (tertiary/aromatic N) is 1. The number of halogens is 2. The number of pyridine rings is 1. The lowest BCUT2D eigenvalue weighted by Gasteiger charge is -2.24. The first kappa shape index (κ1) is 16.5. The summed E-state index contributed by atoms with van der Waals surface area (Å²) in [6, 6.07) is 6.44. The minimum Gasteiger partial charge on any atom is -0.479 e. The molecule has 1 aliphatic heterocycles. The van der Waals surface area contributed by atoms with Crippen molar-refractivity contribution in [3.05, 3.63) is 52.9 Å². The summed E-state index contributed by atoms with van der Waals surface area (Å²) in [7, 11) is 0. The number of hydrogen-bond donors (Lipinski definition) is 1. The van der Waals surface area contributed by atoms with Crippen LogP contribution in [0.2, 0.25) is 5.15 Å². The molecule has 1 atom stereocenters. The van der Waals surface area contributed by atoms with E-state index < -0.39 is 17.9 Å². The van der Waals surface area contributed by atoms with Gasteiger partial charge in [-0.25, -0.2) is 14.2 Å². The monoisotopic (exact) mass is 347 g/mol. The van der Waals surface area contributed by atoms with Crippen LogP contribution in [0.5, 0.6) is 5.88 Å². The van der Waals surface area contributed by atoms with Crippen LogP contribution < -0.4 is 4.74 Å². The molecule has 6 heteroatoms. The molecule has 0 radical (unpaired) electrons. The Labute approximate surface area is 143 Å². The van der Waals surface area contributed by atoms with Gasteiger partial charge in [-0.15, -0.1) is 0 Å². The van der Waals surface area contributed by atoms with Gasteiger partial charge in [0, 0.05) is 11.1 Å². The minimum atomic E-state index is -1.05. The van der Waals surface area contributed by atoms with E-state index in [0.29, 0.717) is 35.1 Å². The van der Waals surface area contributed by atoms with Crippen molar-refractivity contribution < 1.29 is 19.0 Å². The van der Waals surface area contributed by atoms with E-state index in [-0.39, 0.29) is 11.0 Å². The van der Waals surface area contributed by atoms with Crippen LogP contribution in [0.4, 0.5) is 4.39 Å². The van der Waals surface area contributed by atoms with E-state index in [4.69, 9.17) is 21.4 Å². The second kappa shape index (κ2) is 6.24. The second-order valence-corrected chi connectivity index (χ2v) is 6.12. The SMILES string of the molecule is C=C(C)c1ccc(-c2cc(Cl)nc3c2CCC(C(=O)O)O3)c(F)c1. The molecule has 1 aromatic heterocycles. The maximum absolute atomic E-state index is 14.6. The number of carboxylic acid groups (broad SMARTS) is 1. The minimum absolute atomic E-state index is 0.123. The van der Waals surface area contributed by atoms with E-state index in [1.165, 1.54) is 6.07 Å². The fourth-order valence-electron chi connectivity index (χ4n) is 2.74. The predicted molar refractivity (Wildman–Crippen MR) is 89.7 cm³/mol. The van der Waals surface area contributed by atoms with Crippen molar-refractivity contribution in [3.8, 4) is 17.0 Å². The fourth-order valence-corrected chi connectivity index (χ4v) is 2.93. The van der Waals surface area contributed by atoms with Crippen LogP contribution in [0.1, 0.15) is 24.5 Å². The Hall–Kier alpha value is -2.40. The molecule has 1 aromatic carbocycles. The van der Waals surface area contributed by atoms with Gasteiger partial charge >= 0.3 is 5.97 Å². The maximum Gasteiger partial charge on any atom is 0.344 e. The summed E-state index contributed by atoms with van der Waals surface area (Å²) in [5, 5.41) is 9.22. The Bertz CT molecular complexity index is 850. The molecule has 0 amide bonds. The average molecular weight is 348 g/mol. The van der Waals surface area contributed by atoms with Crippen molar-refractivity contribution in [1.29, 1.82) is 0 Å². The maximum atomic E-state index is 14.6. The van der Waals surface area contributed by atoms with E-state index in [9.17, 15) is 9.18 Å². The number of carbonyl (C=O) groups is 1. The Balaban J connectivity index is 2.10. The summed E-state index contributed by atoms with van der Waals surface area (Å²) in [6.45, 7) is 5.61. The number of carboxylic acids is 1. The molecule has 0 aliphatic carbocycles. The van der Waals surface area contributed by atoms with Crippen LogP contribution in [-0.2, 0) is 11.2 Å². The fraction of sp³-hybridized carbons (Fsp3) is 0.222. The zero-order chi connectivity index (χ0) is 17.4. The molecule has 2 aromatic rings. The summed E-state index contributed by atoms with van der Waals surface area (Å²) in [5.41, 5.74) is 3.09. The van der Waals surface area contributed by atoms with Crippen molar-refractivity contribution in [1.82, 2.24) is 4.98 Å². The molecule has 4 nitrogen and oxygen atoms in total. The van der Waals surface area contributed by atoms with Crippen molar-refractivity contribution in [2.45, 2.75) is 25.9 Å². The molecule has 0 fully saturated rings. The Morgan fingerprint density at radius 2 is 2.17 bits per heavy atom. The number of aliphatic carboxylic acids is 1. The summed E-state index contributed by atoms with van der Waals surface area (Å²) >= 11 is 6.02. The van der Waals surface area contributed by atoms with Crippen LogP contribution in [-0.4, -0.2) is 22.2 Å². The number of fused-ring (bicyclic) bond motifs is 1. The lowest BCUT2D eigenvalue weighted by Crippen LogP contribution is -2.31. The predicted octanol–water partition coefficient (Wildman–Crippen LogP) is 4.35. The smallest absolute Gasteiger partial charge is 0.344 e. The van der Waals surface area contributed by atoms with E-state index in [1.54, 1.807) is 25.1 Å². The Morgan fingerprint density at radius 1 is 1.42 bits per heavy atom. The van der Waals surface area contributed by atoms with Gasteiger partial charge in [-0.05, 0) is 43.0 Å². The first-order valence-corrected chi connectivity index (χ1v) is 7.79. The average Bonchev–Trinajstić information content (AvgIpc) is 2.53. The van der Waals surface area contributed by atoms with Gasteiger partial charge in [0.05, 0.1) is 0 Å². The molecule has 0 spiro atoms. The zero-order valence-corrected chi connectivity index (χ0v) is 13.7. The summed E-state index contributed by atoms with van der Waals surface area (Å²) < 4.78 is 20.0. The van der Waals surface area contributed by atoms with Crippen molar-refractivity contribution in [3.63, 3.8) is 0 Å². The van der Waals surface area contributed by atoms with Gasteiger partial charge in [0.15, 0.2) is 6.10 Å². The third-order valence-electron chi connectivity index (χ3n) is 3.99. The van der Waals surface area contributed by atoms with Gasteiger partial charge < -0.3 is 9.84 Å². The van der Waals surface area contributed by atoms with Crippen LogP contribution >= 0.6 is 11.6 Å². The lowest BCUT2D eigenvalue weighted by molar-refractivity contribution is -0.145. The summed E-state index contributed by atoms with van der Waals surface area (Å²) in [6.07, 6.45) is -0.246. The molecule has 1 N–H and O–H groups in total. The van der Waals surface area contributed by atoms with Gasteiger partial charge in [-0.3, -0.25) is 0 Å². The molecule has 0 bridgehead atoms. The molecule has 1 aliphatic rings. The first-order chi connectivity index (χ1) is 11.4. The largest absolute Gasteiger partial charge is 0.479 e. The molecule has 0 saturated heterocycles. The van der Waals surface area contributed by atoms with Crippen LogP contribution in [0, 0.1) is 5.82 Å². The highest BCUT2D eigenvalue weighted by molar-refractivity contribution is 6.29. The third-order valence-corrected chi connectivity index (χ3v) is 4.19. The first-order valence-electron chi connectivity index (χ1n) is 7.41. The van der Waals surface area contributed by atoms with Crippen molar-refractivity contribution >= 4 is 23.1 Å². The number of benzene rings is 1. The van der Waals surface area contributed by atoms with E-state index in [0.717, 1.165) is 5.57 Å². The van der Waals surface area contributed by atoms with Crippen molar-refractivity contribution in [2.75, 3.05) is 0 Å². The van der Waals surface area contributed by atoms with E-state index in [1.807, 2.05) is 0 Å². The zero-order valence-electron chi connectivity index (χ0n) is 13.0. The molecule has 3 rings (SSSR count). The van der Waals surface area contributed by atoms with Crippen LogP contribution in [0.15, 0.2) is 30.8 Å². The second-order valence-electron chi connectivity index (χ2n) is 5.73. The molecule has 0 saturated carbocycles. The number of ether oxygens (including phenoxy) is 1. The van der Waals surface area contributed by atoms with Crippen molar-refractivity contribution in [2.24, 2.45) is 0 Å². The van der Waals surface area contributed by atoms with Crippen LogP contribution in [0.25, 0.3) is 16.7 Å². The van der Waals surface area contributed by atoms with Gasteiger partial charge in [0.25, 0.3) is 0 Å². The highest BCUT2D eigenvalue weighted by Crippen LogP contribution is 2.38. The molecular formula is C18H15ClFNO3. The van der Waals surface area contributed by atoms with Gasteiger partial charge in [0.1, 0.15) is 11.0 Å². The number of rotatable bonds is 3.